The highest BCUT2D eigenvalue weighted by Crippen LogP contribution is 2.20. The number of pyridine rings is 1. The van der Waals surface area contributed by atoms with E-state index in [1.807, 2.05) is 127 Å². The molecule has 0 bridgehead atoms. The maximum atomic E-state index is 5.26. The molecule has 0 fully saturated rings. The molecule has 0 atom stereocenters. The van der Waals surface area contributed by atoms with Crippen molar-refractivity contribution in [2.75, 3.05) is 0 Å². The Kier molecular flexibility index (Phi) is 39.7. The first kappa shape index (κ1) is 63.5. The van der Waals surface area contributed by atoms with Gasteiger partial charge in [0.1, 0.15) is 11.3 Å². The van der Waals surface area contributed by atoms with E-state index in [1.54, 1.807) is 65.9 Å². The van der Waals surface area contributed by atoms with E-state index < -0.39 is 0 Å². The predicted octanol–water partition coefficient (Wildman–Crippen LogP) is 14.5. The lowest BCUT2D eigenvalue weighted by Crippen LogP contribution is -1.80. The van der Waals surface area contributed by atoms with Gasteiger partial charge in [0.15, 0.2) is 11.5 Å². The van der Waals surface area contributed by atoms with E-state index in [4.69, 9.17) is 4.42 Å². The molecule has 0 saturated heterocycles. The Morgan fingerprint density at radius 1 is 0.500 bits per heavy atom. The zero-order valence-corrected chi connectivity index (χ0v) is 33.2. The number of benzene rings is 2. The number of nitrogens with zero attached hydrogens (tertiary/aromatic N) is 10. The summed E-state index contributed by atoms with van der Waals surface area (Å²) in [5.41, 5.74) is 4.94. The van der Waals surface area contributed by atoms with Crippen molar-refractivity contribution in [3.63, 3.8) is 0 Å². The average molecular weight is 875 g/mol. The van der Waals surface area contributed by atoms with Gasteiger partial charge in [0, 0.05) is 53.9 Å². The van der Waals surface area contributed by atoms with E-state index in [2.05, 4.69) is 55.8 Å². The predicted molar refractivity (Wildman–Crippen MR) is 264 cm³/mol. The van der Waals surface area contributed by atoms with Crippen molar-refractivity contribution in [2.24, 2.45) is 0 Å². The Bertz CT molecular complexity index is 1960. The van der Waals surface area contributed by atoms with Crippen LogP contribution in [0.2, 0.25) is 0 Å². The molecular weight excluding hydrogens is 805 g/mol. The van der Waals surface area contributed by atoms with E-state index in [1.165, 1.54) is 16.2 Å². The van der Waals surface area contributed by atoms with Crippen LogP contribution in [0, 0.1) is 48.5 Å². The molecule has 0 unspecified atom stereocenters. The molecule has 60 heavy (non-hydrogen) atoms. The summed E-state index contributed by atoms with van der Waals surface area (Å²) in [6.07, 6.45) is 10.4. The zero-order chi connectivity index (χ0) is 38.1. The van der Waals surface area contributed by atoms with Gasteiger partial charge in [-0.3, -0.25) is 9.97 Å². The van der Waals surface area contributed by atoms with Gasteiger partial charge in [-0.15, -0.1) is 27.8 Å². The molecule has 7 aromatic heterocycles. The number of aromatic nitrogens is 10. The molecular formula is C46H70N10OS3. The van der Waals surface area contributed by atoms with Crippen LogP contribution >= 0.6 is 34.2 Å². The van der Waals surface area contributed by atoms with Crippen molar-refractivity contribution in [1.82, 2.24) is 49.7 Å². The molecule has 0 radical (unpaired) electrons. The lowest BCUT2D eigenvalue weighted by molar-refractivity contribution is 0.561. The molecule has 0 saturated carbocycles. The molecule has 0 aliphatic carbocycles. The Balaban J connectivity index is -0.000000194. The number of hydrogen-bond acceptors (Lipinski definition) is 14. The van der Waals surface area contributed by atoms with E-state index in [9.17, 15) is 0 Å². The largest absolute Gasteiger partial charge is 0.441 e. The third-order valence-corrected chi connectivity index (χ3v) is 8.27. The molecule has 2 aromatic carbocycles. The second kappa shape index (κ2) is 37.6. The molecule has 0 spiro atoms. The van der Waals surface area contributed by atoms with Crippen molar-refractivity contribution in [2.45, 2.75) is 100 Å². The van der Waals surface area contributed by atoms with Gasteiger partial charge < -0.3 is 4.42 Å². The summed E-state index contributed by atoms with van der Waals surface area (Å²) in [5, 5.41) is 15.2. The van der Waals surface area contributed by atoms with E-state index in [0.717, 1.165) is 54.6 Å². The lowest BCUT2D eigenvalue weighted by Gasteiger charge is -1.82. The number of rotatable bonds is 0. The Morgan fingerprint density at radius 3 is 1.50 bits per heavy atom. The number of hydrogen-bond donors (Lipinski definition) is 0. The standard InChI is InChI=1S/C8H7NO.C8H7NS.C6H7N.2C5H6N2.C4H5NS.C3H4N2S.7CH4/c2*1-6-9-7-4-2-3-5-8(7)10-6;1-6-4-2-3-5-7-6;1-5-6-3-2-4-7-5;1-5-3-2-4-6-7-5;1-4-5-2-3-6-4;1-3-2-4-5-6-3;;;;;;;/h2*2-5H,1H3;2-5H,1H3;2*2-4H,1H3;2-3H,1H3;2H,1H3;7*1H4. The van der Waals surface area contributed by atoms with Crippen molar-refractivity contribution >= 4 is 55.5 Å². The van der Waals surface area contributed by atoms with Gasteiger partial charge in [-0.05, 0) is 108 Å². The summed E-state index contributed by atoms with van der Waals surface area (Å²) in [6, 6.07) is 27.4. The zero-order valence-electron chi connectivity index (χ0n) is 30.7. The fourth-order valence-electron chi connectivity index (χ4n) is 3.69. The minimum absolute atomic E-state index is 0. The van der Waals surface area contributed by atoms with Gasteiger partial charge in [0.05, 0.1) is 32.1 Å². The third-order valence-electron chi connectivity index (χ3n) is 6.04. The maximum absolute atomic E-state index is 5.26. The maximum Gasteiger partial charge on any atom is 0.192 e. The van der Waals surface area contributed by atoms with Crippen molar-refractivity contribution in [3.8, 4) is 0 Å². The quantitative estimate of drug-likeness (QED) is 0.144. The third kappa shape index (κ3) is 27.9. The van der Waals surface area contributed by atoms with Gasteiger partial charge in [0.2, 0.25) is 0 Å². The number of oxazole rings is 1. The molecule has 0 aliphatic heterocycles. The number of fused-ring (bicyclic) bond motifs is 2. The van der Waals surface area contributed by atoms with Crippen LogP contribution in [0.1, 0.15) is 90.0 Å². The van der Waals surface area contributed by atoms with Crippen molar-refractivity contribution in [1.29, 1.82) is 0 Å². The van der Waals surface area contributed by atoms with E-state index >= 15 is 0 Å². The van der Waals surface area contributed by atoms with Crippen molar-refractivity contribution in [3.05, 3.63) is 165 Å². The monoisotopic (exact) mass is 874 g/mol. The van der Waals surface area contributed by atoms with E-state index in [0.29, 0.717) is 0 Å². The minimum atomic E-state index is 0. The Hall–Kier alpha value is -5.70. The summed E-state index contributed by atoms with van der Waals surface area (Å²) < 4.78 is 10.1. The summed E-state index contributed by atoms with van der Waals surface area (Å²) >= 11 is 4.82. The van der Waals surface area contributed by atoms with Crippen LogP contribution in [0.4, 0.5) is 0 Å². The van der Waals surface area contributed by atoms with Gasteiger partial charge in [-0.2, -0.15) is 10.2 Å². The summed E-state index contributed by atoms with van der Waals surface area (Å²) in [6.45, 7) is 13.6. The second-order valence-electron chi connectivity index (χ2n) is 10.6. The fourth-order valence-corrected chi connectivity index (χ4v) is 5.27. The molecule has 0 aliphatic rings. The number of aryl methyl sites for hydroxylation is 7. The molecule has 328 valence electrons. The summed E-state index contributed by atoms with van der Waals surface area (Å²) in [5.74, 6) is 1.55. The molecule has 11 nitrogen and oxygen atoms in total. The van der Waals surface area contributed by atoms with E-state index in [-0.39, 0.29) is 52.0 Å². The van der Waals surface area contributed by atoms with Crippen molar-refractivity contribution < 1.29 is 4.42 Å². The number of para-hydroxylation sites is 3. The molecule has 9 rings (SSSR count). The highest BCUT2D eigenvalue weighted by molar-refractivity contribution is 7.18. The number of thiazole rings is 2. The van der Waals surface area contributed by atoms with Crippen LogP contribution in [0.25, 0.3) is 21.3 Å². The van der Waals surface area contributed by atoms with Gasteiger partial charge >= 0.3 is 0 Å². The van der Waals surface area contributed by atoms with Gasteiger partial charge in [0.25, 0.3) is 0 Å². The normalized spacial score (nSPS) is 8.32. The summed E-state index contributed by atoms with van der Waals surface area (Å²) in [7, 11) is 0. The van der Waals surface area contributed by atoms with Crippen LogP contribution in [0.3, 0.4) is 0 Å². The van der Waals surface area contributed by atoms with Crippen LogP contribution < -0.4 is 0 Å². The fraction of sp³-hybridized carbons (Fsp3) is 0.304. The first-order chi connectivity index (χ1) is 25.7. The van der Waals surface area contributed by atoms with Crippen LogP contribution in [-0.4, -0.2) is 49.7 Å². The topological polar surface area (TPSA) is 142 Å². The molecule has 0 amide bonds. The van der Waals surface area contributed by atoms with Gasteiger partial charge in [-0.25, -0.2) is 19.9 Å². The van der Waals surface area contributed by atoms with Crippen LogP contribution in [0.15, 0.2) is 132 Å². The first-order valence-corrected chi connectivity index (χ1v) is 18.8. The molecule has 0 N–H and O–H groups in total. The first-order valence-electron chi connectivity index (χ1n) is 16.3. The summed E-state index contributed by atoms with van der Waals surface area (Å²) in [4.78, 5) is 25.3. The minimum Gasteiger partial charge on any atom is -0.441 e. The molecule has 9 aromatic rings. The SMILES string of the molecule is C.C.C.C.C.C.C.Cc1ccccn1.Cc1cccnn1.Cc1cnns1.Cc1nc2ccccc2o1.Cc1nc2ccccc2s1.Cc1ncccn1.Cc1nccs1. The van der Waals surface area contributed by atoms with Gasteiger partial charge in [-0.1, -0.05) is 86.8 Å². The second-order valence-corrected chi connectivity index (χ2v) is 13.9. The highest BCUT2D eigenvalue weighted by Gasteiger charge is 1.97. The van der Waals surface area contributed by atoms with Crippen LogP contribution in [-0.2, 0) is 0 Å². The Morgan fingerprint density at radius 2 is 1.12 bits per heavy atom. The average Bonchev–Trinajstić information content (AvgIpc) is 3.99. The highest BCUT2D eigenvalue weighted by atomic mass is 32.1. The molecule has 7 heterocycles. The van der Waals surface area contributed by atoms with Crippen LogP contribution in [0.5, 0.6) is 0 Å². The lowest BCUT2D eigenvalue weighted by atomic mass is 10.3. The smallest absolute Gasteiger partial charge is 0.192 e. The Labute approximate surface area is 373 Å². The molecule has 14 heteroatoms.